The predicted octanol–water partition coefficient (Wildman–Crippen LogP) is 3.78. The number of aromatic hydroxyl groups is 1. The second-order valence-electron chi connectivity index (χ2n) is 4.50. The normalized spacial score (nSPS) is 13.8. The van der Waals surface area contributed by atoms with Crippen LogP contribution >= 0.6 is 34.8 Å². The summed E-state index contributed by atoms with van der Waals surface area (Å²) in [6, 6.07) is 12.4. The summed E-state index contributed by atoms with van der Waals surface area (Å²) in [6.07, 6.45) is 0. The van der Waals surface area contributed by atoms with Crippen LogP contribution in [0.5, 0.6) is 5.75 Å². The minimum absolute atomic E-state index is 0.0257. The molecule has 0 aliphatic heterocycles. The minimum atomic E-state index is -3.87. The van der Waals surface area contributed by atoms with E-state index in [4.69, 9.17) is 34.8 Å². The number of rotatable bonds is 4. The third kappa shape index (κ3) is 4.27. The molecule has 0 aliphatic rings. The number of benzene rings is 2. The van der Waals surface area contributed by atoms with E-state index in [0.29, 0.717) is 5.56 Å². The Morgan fingerprint density at radius 1 is 0.955 bits per heavy atom. The summed E-state index contributed by atoms with van der Waals surface area (Å²) in [5.41, 5.74) is 0.414. The first-order valence-electron chi connectivity index (χ1n) is 6.13. The van der Waals surface area contributed by atoms with E-state index in [0.717, 1.165) is 0 Å². The average Bonchev–Trinajstić information content (AvgIpc) is 2.46. The summed E-state index contributed by atoms with van der Waals surface area (Å²) < 4.78 is 25.3. The lowest BCUT2D eigenvalue weighted by Gasteiger charge is -2.25. The Kier molecular flexibility index (Phi) is 5.25. The Morgan fingerprint density at radius 3 is 2.00 bits per heavy atom. The first-order valence-corrected chi connectivity index (χ1v) is 8.75. The van der Waals surface area contributed by atoms with E-state index in [-0.39, 0.29) is 10.6 Å². The van der Waals surface area contributed by atoms with Crippen molar-refractivity contribution in [3.63, 3.8) is 0 Å². The number of alkyl halides is 3. The summed E-state index contributed by atoms with van der Waals surface area (Å²) in [5, 5.41) is 9.31. The van der Waals surface area contributed by atoms with Crippen molar-refractivity contribution in [1.29, 1.82) is 0 Å². The SMILES string of the molecule is O=S(=O)(N[C@@H](c1ccc(O)cc1)C(Cl)(Cl)Cl)c1ccccc1. The zero-order valence-corrected chi connectivity index (χ0v) is 14.2. The van der Waals surface area contributed by atoms with Crippen molar-refractivity contribution in [3.05, 3.63) is 60.2 Å². The van der Waals surface area contributed by atoms with Gasteiger partial charge in [0.15, 0.2) is 0 Å². The number of nitrogens with one attached hydrogen (secondary N) is 1. The highest BCUT2D eigenvalue weighted by Crippen LogP contribution is 2.41. The van der Waals surface area contributed by atoms with Gasteiger partial charge in [0.25, 0.3) is 0 Å². The van der Waals surface area contributed by atoms with Gasteiger partial charge in [0.2, 0.25) is 13.8 Å². The molecule has 0 unspecified atom stereocenters. The van der Waals surface area contributed by atoms with Gasteiger partial charge in [-0.25, -0.2) is 8.42 Å². The molecule has 0 aromatic heterocycles. The summed E-state index contributed by atoms with van der Waals surface area (Å²) >= 11 is 17.7. The second kappa shape index (κ2) is 6.64. The van der Waals surface area contributed by atoms with Crippen LogP contribution < -0.4 is 4.72 Å². The quantitative estimate of drug-likeness (QED) is 0.793. The maximum atomic E-state index is 12.4. The number of phenolic OH excluding ortho intramolecular Hbond substituents is 1. The number of halogens is 3. The predicted molar refractivity (Wildman–Crippen MR) is 87.9 cm³/mol. The van der Waals surface area contributed by atoms with Crippen LogP contribution in [0.2, 0.25) is 0 Å². The van der Waals surface area contributed by atoms with Gasteiger partial charge in [-0.15, -0.1) is 0 Å². The van der Waals surface area contributed by atoms with Crippen LogP contribution in [0, 0.1) is 0 Å². The van der Waals surface area contributed by atoms with Gasteiger partial charge in [0, 0.05) is 0 Å². The molecule has 0 amide bonds. The largest absolute Gasteiger partial charge is 0.508 e. The number of phenols is 1. The lowest BCUT2D eigenvalue weighted by molar-refractivity contribution is 0.474. The smallest absolute Gasteiger partial charge is 0.241 e. The van der Waals surface area contributed by atoms with E-state index in [9.17, 15) is 13.5 Å². The van der Waals surface area contributed by atoms with Crippen LogP contribution in [-0.4, -0.2) is 17.3 Å². The summed E-state index contributed by atoms with van der Waals surface area (Å²) in [6.45, 7) is 0. The highest BCUT2D eigenvalue weighted by Gasteiger charge is 2.37. The maximum Gasteiger partial charge on any atom is 0.241 e. The van der Waals surface area contributed by atoms with Crippen LogP contribution in [0.25, 0.3) is 0 Å². The van der Waals surface area contributed by atoms with Crippen LogP contribution in [0.4, 0.5) is 0 Å². The van der Waals surface area contributed by atoms with Gasteiger partial charge in [-0.2, -0.15) is 4.72 Å². The van der Waals surface area contributed by atoms with Crippen LogP contribution in [0.3, 0.4) is 0 Å². The topological polar surface area (TPSA) is 66.4 Å². The van der Waals surface area contributed by atoms with E-state index < -0.39 is 19.9 Å². The van der Waals surface area contributed by atoms with Crippen molar-refractivity contribution in [2.45, 2.75) is 14.7 Å². The first kappa shape index (κ1) is 17.4. The van der Waals surface area contributed by atoms with Crippen LogP contribution in [0.15, 0.2) is 59.5 Å². The monoisotopic (exact) mass is 379 g/mol. The molecule has 22 heavy (non-hydrogen) atoms. The molecule has 4 nitrogen and oxygen atoms in total. The van der Waals surface area contributed by atoms with E-state index in [1.807, 2.05) is 0 Å². The lowest BCUT2D eigenvalue weighted by atomic mass is 10.1. The zero-order valence-electron chi connectivity index (χ0n) is 11.1. The van der Waals surface area contributed by atoms with Gasteiger partial charge in [-0.3, -0.25) is 0 Å². The molecule has 0 bridgehead atoms. The molecule has 2 aromatic carbocycles. The zero-order chi connectivity index (χ0) is 16.4. The van der Waals surface area contributed by atoms with E-state index >= 15 is 0 Å². The third-order valence-electron chi connectivity index (χ3n) is 2.88. The van der Waals surface area contributed by atoms with Gasteiger partial charge < -0.3 is 5.11 Å². The molecule has 1 atom stereocenters. The summed E-state index contributed by atoms with van der Waals surface area (Å²) in [7, 11) is -3.87. The molecule has 0 fully saturated rings. The third-order valence-corrected chi connectivity index (χ3v) is 4.97. The average molecular weight is 381 g/mol. The number of hydrogen-bond donors (Lipinski definition) is 2. The summed E-state index contributed by atoms with van der Waals surface area (Å²) in [5.74, 6) is 0.0257. The van der Waals surface area contributed by atoms with Crippen molar-refractivity contribution >= 4 is 44.8 Å². The fourth-order valence-electron chi connectivity index (χ4n) is 1.81. The van der Waals surface area contributed by atoms with Crippen molar-refractivity contribution in [3.8, 4) is 5.75 Å². The van der Waals surface area contributed by atoms with E-state index in [1.165, 1.54) is 36.4 Å². The van der Waals surface area contributed by atoms with Crippen molar-refractivity contribution in [2.24, 2.45) is 0 Å². The van der Waals surface area contributed by atoms with Crippen molar-refractivity contribution < 1.29 is 13.5 Å². The van der Waals surface area contributed by atoms with Crippen molar-refractivity contribution in [2.75, 3.05) is 0 Å². The highest BCUT2D eigenvalue weighted by atomic mass is 35.6. The molecular weight excluding hydrogens is 369 g/mol. The molecule has 0 heterocycles. The Balaban J connectivity index is 2.38. The van der Waals surface area contributed by atoms with Gasteiger partial charge in [0.1, 0.15) is 5.75 Å². The number of hydrogen-bond acceptors (Lipinski definition) is 3. The van der Waals surface area contributed by atoms with Gasteiger partial charge >= 0.3 is 0 Å². The van der Waals surface area contributed by atoms with Gasteiger partial charge in [-0.05, 0) is 29.8 Å². The summed E-state index contributed by atoms with van der Waals surface area (Å²) in [4.78, 5) is 0.0630. The molecule has 0 saturated carbocycles. The molecule has 0 radical (unpaired) electrons. The molecular formula is C14H12Cl3NO3S. The first-order chi connectivity index (χ1) is 10.2. The van der Waals surface area contributed by atoms with Crippen LogP contribution in [-0.2, 0) is 10.0 Å². The standard InChI is InChI=1S/C14H12Cl3NO3S/c15-14(16,17)13(10-6-8-11(19)9-7-10)18-22(20,21)12-4-2-1-3-5-12/h1-9,13,18-19H/t13-/m0/s1. The minimum Gasteiger partial charge on any atom is -0.508 e. The molecule has 8 heteroatoms. The van der Waals surface area contributed by atoms with E-state index in [1.54, 1.807) is 18.2 Å². The van der Waals surface area contributed by atoms with Gasteiger partial charge in [-0.1, -0.05) is 65.1 Å². The maximum absolute atomic E-state index is 12.4. The Morgan fingerprint density at radius 2 is 1.50 bits per heavy atom. The molecule has 2 rings (SSSR count). The molecule has 0 aliphatic carbocycles. The molecule has 0 saturated heterocycles. The Hall–Kier alpha value is -0.980. The van der Waals surface area contributed by atoms with E-state index in [2.05, 4.69) is 4.72 Å². The van der Waals surface area contributed by atoms with Crippen LogP contribution in [0.1, 0.15) is 11.6 Å². The van der Waals surface area contributed by atoms with Crippen molar-refractivity contribution in [1.82, 2.24) is 4.72 Å². The fraction of sp³-hybridized carbons (Fsp3) is 0.143. The highest BCUT2D eigenvalue weighted by molar-refractivity contribution is 7.89. The molecule has 2 aromatic rings. The molecule has 2 N–H and O–H groups in total. The Labute approximate surface area is 143 Å². The Bertz CT molecular complexity index is 728. The lowest BCUT2D eigenvalue weighted by Crippen LogP contribution is -2.36. The van der Waals surface area contributed by atoms with Gasteiger partial charge in [0.05, 0.1) is 10.9 Å². The molecule has 0 spiro atoms. The number of sulfonamides is 1. The molecule has 118 valence electrons. The fourth-order valence-corrected chi connectivity index (χ4v) is 3.82. The second-order valence-corrected chi connectivity index (χ2v) is 8.58.